The lowest BCUT2D eigenvalue weighted by Gasteiger charge is -2.06. The van der Waals surface area contributed by atoms with E-state index in [1.54, 1.807) is 18.5 Å². The molecule has 2 aromatic heterocycles. The molecule has 0 unspecified atom stereocenters. The van der Waals surface area contributed by atoms with Gasteiger partial charge in [0.05, 0.1) is 5.02 Å². The Morgan fingerprint density at radius 3 is 2.81 bits per heavy atom. The van der Waals surface area contributed by atoms with Crippen molar-refractivity contribution in [3.05, 3.63) is 47.5 Å². The van der Waals surface area contributed by atoms with Crippen LogP contribution >= 0.6 is 11.6 Å². The number of nitrogens with zero attached hydrogens (tertiary/aromatic N) is 5. The van der Waals surface area contributed by atoms with E-state index in [4.69, 9.17) is 22.1 Å². The van der Waals surface area contributed by atoms with E-state index in [-0.39, 0.29) is 28.7 Å². The molecule has 106 valence electrons. The van der Waals surface area contributed by atoms with Crippen molar-refractivity contribution in [2.24, 2.45) is 0 Å². The number of rotatable bonds is 3. The predicted molar refractivity (Wildman–Crippen MR) is 72.8 cm³/mol. The first-order valence-electron chi connectivity index (χ1n) is 5.76. The zero-order valence-corrected chi connectivity index (χ0v) is 11.2. The molecule has 0 saturated carbocycles. The summed E-state index contributed by atoms with van der Waals surface area (Å²) < 4.78 is 19.9. The van der Waals surface area contributed by atoms with Gasteiger partial charge >= 0.3 is 6.01 Å². The van der Waals surface area contributed by atoms with Crippen LogP contribution in [0, 0.1) is 5.82 Å². The van der Waals surface area contributed by atoms with Crippen molar-refractivity contribution in [1.82, 2.24) is 24.7 Å². The minimum absolute atomic E-state index is 0.0290. The lowest BCUT2D eigenvalue weighted by molar-refractivity contribution is 0.437. The maximum absolute atomic E-state index is 13.1. The summed E-state index contributed by atoms with van der Waals surface area (Å²) in [6, 6.07) is 5.55. The fraction of sp³-hybridized carbons (Fsp3) is 0. The highest BCUT2D eigenvalue weighted by Crippen LogP contribution is 2.24. The summed E-state index contributed by atoms with van der Waals surface area (Å²) in [5, 5.41) is 3.92. The van der Waals surface area contributed by atoms with Gasteiger partial charge in [-0.25, -0.2) is 9.07 Å². The number of nitrogens with two attached hydrogens (primary N) is 1. The van der Waals surface area contributed by atoms with Crippen molar-refractivity contribution in [1.29, 1.82) is 0 Å². The van der Waals surface area contributed by atoms with Crippen LogP contribution < -0.4 is 10.5 Å². The van der Waals surface area contributed by atoms with Gasteiger partial charge in [-0.1, -0.05) is 11.6 Å². The highest BCUT2D eigenvalue weighted by molar-refractivity contribution is 6.30. The van der Waals surface area contributed by atoms with E-state index < -0.39 is 5.82 Å². The normalized spacial score (nSPS) is 10.6. The van der Waals surface area contributed by atoms with Crippen LogP contribution in [0.3, 0.4) is 0 Å². The van der Waals surface area contributed by atoms with Gasteiger partial charge in [-0.2, -0.15) is 20.1 Å². The molecular formula is C12H8ClFN6O. The summed E-state index contributed by atoms with van der Waals surface area (Å²) in [4.78, 5) is 11.8. The fourth-order valence-corrected chi connectivity index (χ4v) is 1.71. The van der Waals surface area contributed by atoms with E-state index in [0.717, 1.165) is 0 Å². The molecule has 0 saturated heterocycles. The van der Waals surface area contributed by atoms with Crippen LogP contribution in [0.5, 0.6) is 11.8 Å². The molecule has 1 aromatic carbocycles. The summed E-state index contributed by atoms with van der Waals surface area (Å²) in [5.74, 6) is -0.0933. The number of aromatic nitrogens is 5. The van der Waals surface area contributed by atoms with Gasteiger partial charge < -0.3 is 10.5 Å². The minimum atomic E-state index is -0.545. The van der Waals surface area contributed by atoms with Crippen LogP contribution in [0.15, 0.2) is 36.7 Å². The average molecular weight is 307 g/mol. The summed E-state index contributed by atoms with van der Waals surface area (Å²) in [6.45, 7) is 0. The van der Waals surface area contributed by atoms with Crippen molar-refractivity contribution in [3.63, 3.8) is 0 Å². The Morgan fingerprint density at radius 2 is 2.10 bits per heavy atom. The molecule has 9 heteroatoms. The molecule has 0 bridgehead atoms. The zero-order valence-electron chi connectivity index (χ0n) is 10.4. The number of anilines is 1. The van der Waals surface area contributed by atoms with Crippen LogP contribution in [0.4, 0.5) is 10.3 Å². The van der Waals surface area contributed by atoms with Crippen molar-refractivity contribution < 1.29 is 9.13 Å². The van der Waals surface area contributed by atoms with E-state index in [1.807, 2.05) is 0 Å². The number of halogens is 2. The number of hydrogen-bond acceptors (Lipinski definition) is 6. The van der Waals surface area contributed by atoms with Gasteiger partial charge in [-0.05, 0) is 18.2 Å². The van der Waals surface area contributed by atoms with E-state index in [2.05, 4.69) is 20.1 Å². The Balaban J connectivity index is 1.93. The minimum Gasteiger partial charge on any atom is -0.424 e. The Bertz CT molecular complexity index is 779. The molecule has 2 N–H and O–H groups in total. The number of benzene rings is 1. The third-order valence-corrected chi connectivity index (χ3v) is 2.72. The van der Waals surface area contributed by atoms with Gasteiger partial charge in [0, 0.05) is 18.5 Å². The van der Waals surface area contributed by atoms with Crippen LogP contribution in [0.1, 0.15) is 0 Å². The molecule has 0 aliphatic rings. The summed E-state index contributed by atoms with van der Waals surface area (Å²) >= 11 is 5.68. The molecule has 0 fully saturated rings. The molecule has 21 heavy (non-hydrogen) atoms. The monoisotopic (exact) mass is 306 g/mol. The van der Waals surface area contributed by atoms with Crippen molar-refractivity contribution >= 4 is 17.5 Å². The van der Waals surface area contributed by atoms with Crippen molar-refractivity contribution in [3.8, 4) is 17.7 Å². The molecule has 2 heterocycles. The smallest absolute Gasteiger partial charge is 0.328 e. The Morgan fingerprint density at radius 1 is 1.24 bits per heavy atom. The fourth-order valence-electron chi connectivity index (χ4n) is 1.54. The van der Waals surface area contributed by atoms with Crippen LogP contribution in [-0.2, 0) is 0 Å². The number of hydrogen-bond donors (Lipinski definition) is 1. The second kappa shape index (κ2) is 5.33. The Hall–Kier alpha value is -2.74. The first-order chi connectivity index (χ1) is 10.1. The van der Waals surface area contributed by atoms with Gasteiger partial charge in [-0.3, -0.25) is 0 Å². The lowest BCUT2D eigenvalue weighted by atomic mass is 10.3. The molecule has 0 amide bonds. The lowest BCUT2D eigenvalue weighted by Crippen LogP contribution is -2.07. The molecule has 0 aliphatic heterocycles. The number of ether oxygens (including phenoxy) is 1. The molecule has 3 rings (SSSR count). The van der Waals surface area contributed by atoms with Gasteiger partial charge in [0.25, 0.3) is 5.95 Å². The highest BCUT2D eigenvalue weighted by Gasteiger charge is 2.10. The quantitative estimate of drug-likeness (QED) is 0.797. The Kier molecular flexibility index (Phi) is 3.36. The standard InChI is InChI=1S/C12H8ClFN6O/c13-8-6-7(2-3-9(8)14)21-12-18-10(15)17-11(19-12)20-5-1-4-16-20/h1-6H,(H2,15,17,18,19). The largest absolute Gasteiger partial charge is 0.424 e. The van der Waals surface area contributed by atoms with Gasteiger partial charge in [0.15, 0.2) is 0 Å². The van der Waals surface area contributed by atoms with Crippen LogP contribution in [0.2, 0.25) is 5.02 Å². The molecular weight excluding hydrogens is 299 g/mol. The van der Waals surface area contributed by atoms with E-state index in [0.29, 0.717) is 0 Å². The van der Waals surface area contributed by atoms with Crippen LogP contribution in [-0.4, -0.2) is 24.7 Å². The maximum atomic E-state index is 13.1. The topological polar surface area (TPSA) is 91.7 Å². The van der Waals surface area contributed by atoms with E-state index in [9.17, 15) is 4.39 Å². The summed E-state index contributed by atoms with van der Waals surface area (Å²) in [6.07, 6.45) is 3.22. The number of nitrogen functional groups attached to an aromatic ring is 1. The van der Waals surface area contributed by atoms with Crippen molar-refractivity contribution in [2.45, 2.75) is 0 Å². The van der Waals surface area contributed by atoms with E-state index in [1.165, 1.54) is 22.9 Å². The molecule has 3 aromatic rings. The second-order valence-corrected chi connectivity index (χ2v) is 4.31. The van der Waals surface area contributed by atoms with E-state index >= 15 is 0 Å². The highest BCUT2D eigenvalue weighted by atomic mass is 35.5. The molecule has 7 nitrogen and oxygen atoms in total. The maximum Gasteiger partial charge on any atom is 0.328 e. The zero-order chi connectivity index (χ0) is 14.8. The molecule has 0 spiro atoms. The predicted octanol–water partition coefficient (Wildman–Crippen LogP) is 2.22. The summed E-state index contributed by atoms with van der Waals surface area (Å²) in [5.41, 5.74) is 5.60. The third kappa shape index (κ3) is 2.90. The Labute approximate surface area is 123 Å². The molecule has 0 aliphatic carbocycles. The molecule has 0 radical (unpaired) electrons. The average Bonchev–Trinajstić information content (AvgIpc) is 2.96. The third-order valence-electron chi connectivity index (χ3n) is 2.43. The SMILES string of the molecule is Nc1nc(Oc2ccc(F)c(Cl)c2)nc(-n2cccn2)n1. The first-order valence-corrected chi connectivity index (χ1v) is 6.14. The van der Waals surface area contributed by atoms with Gasteiger partial charge in [0.1, 0.15) is 11.6 Å². The van der Waals surface area contributed by atoms with Crippen molar-refractivity contribution in [2.75, 3.05) is 5.73 Å². The second-order valence-electron chi connectivity index (χ2n) is 3.90. The summed E-state index contributed by atoms with van der Waals surface area (Å²) in [7, 11) is 0. The molecule has 0 atom stereocenters. The van der Waals surface area contributed by atoms with Crippen LogP contribution in [0.25, 0.3) is 5.95 Å². The van der Waals surface area contributed by atoms with Gasteiger partial charge in [-0.15, -0.1) is 0 Å². The van der Waals surface area contributed by atoms with Gasteiger partial charge in [0.2, 0.25) is 5.95 Å². The first kappa shape index (κ1) is 13.3.